The van der Waals surface area contributed by atoms with Crippen LogP contribution >= 0.6 is 0 Å². The summed E-state index contributed by atoms with van der Waals surface area (Å²) in [6, 6.07) is 14.4. The summed E-state index contributed by atoms with van der Waals surface area (Å²) in [5.41, 5.74) is 2.34. The molecule has 7 heteroatoms. The molecule has 0 aliphatic carbocycles. The van der Waals surface area contributed by atoms with Crippen molar-refractivity contribution in [3.63, 3.8) is 0 Å². The summed E-state index contributed by atoms with van der Waals surface area (Å²) in [5, 5.41) is 2.65. The van der Waals surface area contributed by atoms with Gasteiger partial charge >= 0.3 is 5.97 Å². The zero-order chi connectivity index (χ0) is 19.2. The van der Waals surface area contributed by atoms with Crippen LogP contribution in [-0.2, 0) is 19.1 Å². The molecule has 0 aromatic heterocycles. The van der Waals surface area contributed by atoms with Gasteiger partial charge in [-0.3, -0.25) is 14.4 Å². The predicted octanol–water partition coefficient (Wildman–Crippen LogP) is 2.29. The number of fused-ring (bicyclic) bond motifs is 1. The second-order valence-corrected chi connectivity index (χ2v) is 6.13. The summed E-state index contributed by atoms with van der Waals surface area (Å²) >= 11 is 0. The Kier molecular flexibility index (Phi) is 5.71. The van der Waals surface area contributed by atoms with Crippen LogP contribution < -0.4 is 15.0 Å². The van der Waals surface area contributed by atoms with E-state index >= 15 is 0 Å². The van der Waals surface area contributed by atoms with E-state index in [1.54, 1.807) is 30.3 Å². The van der Waals surface area contributed by atoms with Crippen molar-refractivity contribution in [1.29, 1.82) is 0 Å². The first kappa shape index (κ1) is 18.4. The number of benzene rings is 2. The monoisotopic (exact) mass is 368 g/mol. The van der Waals surface area contributed by atoms with Crippen LogP contribution in [0.25, 0.3) is 0 Å². The van der Waals surface area contributed by atoms with Crippen molar-refractivity contribution in [2.75, 3.05) is 30.0 Å². The summed E-state index contributed by atoms with van der Waals surface area (Å²) in [5.74, 6) is -0.590. The Morgan fingerprint density at radius 1 is 1.15 bits per heavy atom. The SMILES string of the molecule is Cc1ccc(NC(=O)COC(=O)CCN2C(=O)COc3ccccc32)cc1. The second-order valence-electron chi connectivity index (χ2n) is 6.13. The van der Waals surface area contributed by atoms with E-state index in [4.69, 9.17) is 9.47 Å². The van der Waals surface area contributed by atoms with Crippen LogP contribution in [0.2, 0.25) is 0 Å². The number of carbonyl (C=O) groups is 3. The maximum atomic E-state index is 12.0. The predicted molar refractivity (Wildman–Crippen MR) is 99.7 cm³/mol. The number of hydrogen-bond donors (Lipinski definition) is 1. The summed E-state index contributed by atoms with van der Waals surface area (Å²) in [7, 11) is 0. The van der Waals surface area contributed by atoms with Crippen LogP contribution in [0.4, 0.5) is 11.4 Å². The molecule has 2 aromatic carbocycles. The van der Waals surface area contributed by atoms with Crippen LogP contribution in [0.15, 0.2) is 48.5 Å². The fraction of sp³-hybridized carbons (Fsp3) is 0.250. The number of anilines is 2. The van der Waals surface area contributed by atoms with Crippen LogP contribution in [0, 0.1) is 6.92 Å². The van der Waals surface area contributed by atoms with E-state index in [2.05, 4.69) is 5.32 Å². The lowest BCUT2D eigenvalue weighted by Crippen LogP contribution is -2.40. The molecule has 0 unspecified atom stereocenters. The number of hydrogen-bond acceptors (Lipinski definition) is 5. The first-order chi connectivity index (χ1) is 13.0. The molecule has 27 heavy (non-hydrogen) atoms. The zero-order valence-corrected chi connectivity index (χ0v) is 14.9. The van der Waals surface area contributed by atoms with E-state index in [1.807, 2.05) is 25.1 Å². The molecule has 0 bridgehead atoms. The molecule has 140 valence electrons. The Balaban J connectivity index is 1.46. The Labute approximate surface area is 156 Å². The number of ether oxygens (including phenoxy) is 2. The van der Waals surface area contributed by atoms with Gasteiger partial charge in [0, 0.05) is 12.2 Å². The van der Waals surface area contributed by atoms with Crippen LogP contribution in [0.3, 0.4) is 0 Å². The third kappa shape index (κ3) is 4.84. The molecule has 2 amide bonds. The molecule has 2 aromatic rings. The molecule has 0 saturated carbocycles. The van der Waals surface area contributed by atoms with Crippen LogP contribution in [0.1, 0.15) is 12.0 Å². The van der Waals surface area contributed by atoms with Crippen LogP contribution in [-0.4, -0.2) is 37.5 Å². The Morgan fingerprint density at radius 3 is 2.67 bits per heavy atom. The quantitative estimate of drug-likeness (QED) is 0.791. The lowest BCUT2D eigenvalue weighted by molar-refractivity contribution is -0.147. The number of carbonyl (C=O) groups excluding carboxylic acids is 3. The maximum absolute atomic E-state index is 12.0. The van der Waals surface area contributed by atoms with Gasteiger partial charge in [-0.05, 0) is 31.2 Å². The molecule has 0 atom stereocenters. The molecule has 1 aliphatic rings. The Hall–Kier alpha value is -3.35. The number of aryl methyl sites for hydroxylation is 1. The minimum absolute atomic E-state index is 0.0160. The number of amides is 2. The second kappa shape index (κ2) is 8.35. The van der Waals surface area contributed by atoms with Gasteiger partial charge < -0.3 is 19.7 Å². The smallest absolute Gasteiger partial charge is 0.308 e. The molecule has 1 N–H and O–H groups in total. The van der Waals surface area contributed by atoms with Crippen molar-refractivity contribution < 1.29 is 23.9 Å². The van der Waals surface area contributed by atoms with Gasteiger partial charge in [0.1, 0.15) is 5.75 Å². The van der Waals surface area contributed by atoms with Crippen molar-refractivity contribution >= 4 is 29.2 Å². The van der Waals surface area contributed by atoms with E-state index < -0.39 is 11.9 Å². The highest BCUT2D eigenvalue weighted by Gasteiger charge is 2.25. The molecule has 0 spiro atoms. The van der Waals surface area contributed by atoms with Crippen molar-refractivity contribution in [3.8, 4) is 5.75 Å². The molecular formula is C20H20N2O5. The molecule has 7 nitrogen and oxygen atoms in total. The number of para-hydroxylation sites is 2. The van der Waals surface area contributed by atoms with Gasteiger partial charge in [-0.15, -0.1) is 0 Å². The van der Waals surface area contributed by atoms with E-state index in [9.17, 15) is 14.4 Å². The third-order valence-electron chi connectivity index (χ3n) is 4.05. The van der Waals surface area contributed by atoms with Gasteiger partial charge in [0.15, 0.2) is 13.2 Å². The number of nitrogens with one attached hydrogen (secondary N) is 1. The number of rotatable bonds is 6. The summed E-state index contributed by atoms with van der Waals surface area (Å²) in [6.07, 6.45) is -0.0160. The minimum Gasteiger partial charge on any atom is -0.482 e. The van der Waals surface area contributed by atoms with Gasteiger partial charge in [0.05, 0.1) is 12.1 Å². The highest BCUT2D eigenvalue weighted by atomic mass is 16.5. The van der Waals surface area contributed by atoms with Crippen molar-refractivity contribution in [2.45, 2.75) is 13.3 Å². The number of esters is 1. The van der Waals surface area contributed by atoms with Crippen molar-refractivity contribution in [3.05, 3.63) is 54.1 Å². The molecule has 0 fully saturated rings. The molecule has 0 saturated heterocycles. The Bertz CT molecular complexity index is 848. The van der Waals surface area contributed by atoms with Gasteiger partial charge in [0.25, 0.3) is 11.8 Å². The fourth-order valence-electron chi connectivity index (χ4n) is 2.65. The largest absolute Gasteiger partial charge is 0.482 e. The lowest BCUT2D eigenvalue weighted by atomic mass is 10.2. The van der Waals surface area contributed by atoms with E-state index in [1.165, 1.54) is 4.90 Å². The maximum Gasteiger partial charge on any atom is 0.308 e. The molecular weight excluding hydrogens is 348 g/mol. The van der Waals surface area contributed by atoms with Crippen molar-refractivity contribution in [1.82, 2.24) is 0 Å². The summed E-state index contributed by atoms with van der Waals surface area (Å²) < 4.78 is 10.3. The normalized spacial score (nSPS) is 12.8. The average Bonchev–Trinajstić information content (AvgIpc) is 2.67. The first-order valence-corrected chi connectivity index (χ1v) is 8.57. The first-order valence-electron chi connectivity index (χ1n) is 8.57. The van der Waals surface area contributed by atoms with Gasteiger partial charge in [-0.1, -0.05) is 29.8 Å². The lowest BCUT2D eigenvalue weighted by Gasteiger charge is -2.28. The fourth-order valence-corrected chi connectivity index (χ4v) is 2.65. The highest BCUT2D eigenvalue weighted by molar-refractivity contribution is 5.98. The summed E-state index contributed by atoms with van der Waals surface area (Å²) in [6.45, 7) is 1.67. The molecule has 1 aliphatic heterocycles. The molecule has 3 rings (SSSR count). The third-order valence-corrected chi connectivity index (χ3v) is 4.05. The summed E-state index contributed by atoms with van der Waals surface area (Å²) in [4.78, 5) is 37.3. The topological polar surface area (TPSA) is 84.9 Å². The molecule has 0 radical (unpaired) electrons. The van der Waals surface area contributed by atoms with E-state index in [0.29, 0.717) is 17.1 Å². The molecule has 1 heterocycles. The highest BCUT2D eigenvalue weighted by Crippen LogP contribution is 2.31. The average molecular weight is 368 g/mol. The minimum atomic E-state index is -0.550. The van der Waals surface area contributed by atoms with Gasteiger partial charge in [-0.2, -0.15) is 0 Å². The van der Waals surface area contributed by atoms with Gasteiger partial charge in [-0.25, -0.2) is 0 Å². The van der Waals surface area contributed by atoms with E-state index in [0.717, 1.165) is 5.56 Å². The van der Waals surface area contributed by atoms with Crippen LogP contribution in [0.5, 0.6) is 5.75 Å². The number of nitrogens with zero attached hydrogens (tertiary/aromatic N) is 1. The Morgan fingerprint density at radius 2 is 1.89 bits per heavy atom. The van der Waals surface area contributed by atoms with Crippen molar-refractivity contribution in [2.24, 2.45) is 0 Å². The van der Waals surface area contributed by atoms with E-state index in [-0.39, 0.29) is 32.1 Å². The zero-order valence-electron chi connectivity index (χ0n) is 14.9. The van der Waals surface area contributed by atoms with Gasteiger partial charge in [0.2, 0.25) is 0 Å². The standard InChI is InChI=1S/C20H20N2O5/c1-14-6-8-15(9-7-14)21-18(23)12-27-20(25)10-11-22-16-4-2-3-5-17(16)26-13-19(22)24/h2-9H,10-13H2,1H3,(H,21,23).